The lowest BCUT2D eigenvalue weighted by atomic mass is 10.1. The van der Waals surface area contributed by atoms with Crippen molar-refractivity contribution in [1.82, 2.24) is 5.43 Å². The van der Waals surface area contributed by atoms with Gasteiger partial charge in [0.05, 0.1) is 32.4 Å². The molecule has 0 bridgehead atoms. The minimum atomic E-state index is -4.60. The number of rotatable bonds is 9. The quantitative estimate of drug-likeness (QED) is 0.257. The van der Waals surface area contributed by atoms with Crippen LogP contribution in [0.4, 0.5) is 13.2 Å². The van der Waals surface area contributed by atoms with Crippen LogP contribution in [0, 0.1) is 0 Å². The molecule has 1 amide bonds. The summed E-state index contributed by atoms with van der Waals surface area (Å²) in [4.78, 5) is 11.9. The summed E-state index contributed by atoms with van der Waals surface area (Å²) in [5.41, 5.74) is 2.11. The fourth-order valence-electron chi connectivity index (χ4n) is 3.12. The third kappa shape index (κ3) is 6.54. The van der Waals surface area contributed by atoms with Crippen LogP contribution in [0.1, 0.15) is 16.7 Å². The third-order valence-electron chi connectivity index (χ3n) is 4.82. The normalized spacial score (nSPS) is 11.8. The van der Waals surface area contributed by atoms with E-state index in [2.05, 4.69) is 10.5 Å². The molecule has 3 rings (SSSR count). The van der Waals surface area contributed by atoms with E-state index in [1.54, 1.807) is 24.3 Å². The standard InChI is InChI=1S/C24H21F3N2O6S/c1-33-21-9-5-7-16(23(21)34-2)14-22(30)29-28-15-17-6-3-4-8-20(17)35-36(31,32)19-12-10-18(11-13-19)24(25,26)27/h3-13,15H,14H2,1-2H3,(H,29,30). The molecule has 0 saturated carbocycles. The fourth-order valence-corrected chi connectivity index (χ4v) is 4.07. The highest BCUT2D eigenvalue weighted by atomic mass is 32.2. The predicted molar refractivity (Wildman–Crippen MR) is 125 cm³/mol. The lowest BCUT2D eigenvalue weighted by Gasteiger charge is -2.12. The maximum Gasteiger partial charge on any atom is 0.416 e. The van der Waals surface area contributed by atoms with Gasteiger partial charge in [-0.25, -0.2) is 5.43 Å². The highest BCUT2D eigenvalue weighted by Crippen LogP contribution is 2.31. The van der Waals surface area contributed by atoms with Crippen LogP contribution in [-0.2, 0) is 27.5 Å². The van der Waals surface area contributed by atoms with E-state index < -0.39 is 32.7 Å². The van der Waals surface area contributed by atoms with Crippen molar-refractivity contribution in [3.63, 3.8) is 0 Å². The Labute approximate surface area is 205 Å². The number of nitrogens with one attached hydrogen (secondary N) is 1. The van der Waals surface area contributed by atoms with Gasteiger partial charge in [0.2, 0.25) is 5.91 Å². The molecular formula is C24H21F3N2O6S. The highest BCUT2D eigenvalue weighted by molar-refractivity contribution is 7.87. The number of ether oxygens (including phenoxy) is 2. The van der Waals surface area contributed by atoms with Crippen LogP contribution in [-0.4, -0.2) is 34.8 Å². The molecule has 0 atom stereocenters. The van der Waals surface area contributed by atoms with E-state index in [9.17, 15) is 26.4 Å². The van der Waals surface area contributed by atoms with Gasteiger partial charge in [0.25, 0.3) is 0 Å². The second kappa shape index (κ2) is 11.1. The summed E-state index contributed by atoms with van der Waals surface area (Å²) >= 11 is 0. The summed E-state index contributed by atoms with van der Waals surface area (Å²) in [6, 6.07) is 13.9. The molecule has 0 aliphatic carbocycles. The van der Waals surface area contributed by atoms with E-state index >= 15 is 0 Å². The van der Waals surface area contributed by atoms with Crippen molar-refractivity contribution >= 4 is 22.2 Å². The van der Waals surface area contributed by atoms with Crippen LogP contribution in [0.25, 0.3) is 0 Å². The molecule has 0 heterocycles. The third-order valence-corrected chi connectivity index (χ3v) is 6.07. The molecule has 0 aliphatic rings. The van der Waals surface area contributed by atoms with Gasteiger partial charge >= 0.3 is 16.3 Å². The number of hydrazone groups is 1. The van der Waals surface area contributed by atoms with Gasteiger partial charge in [-0.1, -0.05) is 24.3 Å². The Morgan fingerprint density at radius 2 is 1.61 bits per heavy atom. The van der Waals surface area contributed by atoms with Crippen LogP contribution in [0.3, 0.4) is 0 Å². The summed E-state index contributed by atoms with van der Waals surface area (Å²) in [6.07, 6.45) is -3.50. The Bertz CT molecular complexity index is 1360. The Balaban J connectivity index is 1.71. The lowest BCUT2D eigenvalue weighted by Crippen LogP contribution is -2.20. The number of hydrogen-bond acceptors (Lipinski definition) is 7. The lowest BCUT2D eigenvalue weighted by molar-refractivity contribution is -0.137. The topological polar surface area (TPSA) is 103 Å². The molecule has 12 heteroatoms. The summed E-state index contributed by atoms with van der Waals surface area (Å²) < 4.78 is 79.0. The summed E-state index contributed by atoms with van der Waals surface area (Å²) in [5.74, 6) is 0.261. The molecule has 1 N–H and O–H groups in total. The fraction of sp³-hybridized carbons (Fsp3) is 0.167. The minimum absolute atomic E-state index is 0.0713. The van der Waals surface area contributed by atoms with Crippen LogP contribution in [0.5, 0.6) is 17.2 Å². The minimum Gasteiger partial charge on any atom is -0.493 e. The molecule has 3 aromatic carbocycles. The van der Waals surface area contributed by atoms with Gasteiger partial charge in [0, 0.05) is 11.1 Å². The van der Waals surface area contributed by atoms with E-state index in [0.29, 0.717) is 29.2 Å². The maximum atomic E-state index is 12.7. The molecule has 0 aliphatic heterocycles. The first kappa shape index (κ1) is 26.5. The number of para-hydroxylation sites is 2. The van der Waals surface area contributed by atoms with Crippen LogP contribution < -0.4 is 19.1 Å². The number of benzene rings is 3. The Morgan fingerprint density at radius 3 is 2.25 bits per heavy atom. The largest absolute Gasteiger partial charge is 0.493 e. The monoisotopic (exact) mass is 522 g/mol. The van der Waals surface area contributed by atoms with Crippen molar-refractivity contribution in [3.05, 3.63) is 83.4 Å². The second-order valence-corrected chi connectivity index (χ2v) is 8.77. The van der Waals surface area contributed by atoms with Crippen LogP contribution >= 0.6 is 0 Å². The van der Waals surface area contributed by atoms with Gasteiger partial charge < -0.3 is 13.7 Å². The van der Waals surface area contributed by atoms with Gasteiger partial charge in [-0.05, 0) is 42.5 Å². The second-order valence-electron chi connectivity index (χ2n) is 7.22. The molecule has 0 radical (unpaired) electrons. The van der Waals surface area contributed by atoms with E-state index in [1.165, 1.54) is 38.6 Å². The van der Waals surface area contributed by atoms with Crippen LogP contribution in [0.2, 0.25) is 0 Å². The van der Waals surface area contributed by atoms with Crippen molar-refractivity contribution in [2.45, 2.75) is 17.5 Å². The number of halogens is 3. The molecule has 3 aromatic rings. The van der Waals surface area contributed by atoms with E-state index in [4.69, 9.17) is 13.7 Å². The van der Waals surface area contributed by atoms with Gasteiger partial charge in [-0.2, -0.15) is 26.7 Å². The molecular weight excluding hydrogens is 501 g/mol. The molecule has 8 nitrogen and oxygen atoms in total. The smallest absolute Gasteiger partial charge is 0.416 e. The number of amides is 1. The molecule has 0 aromatic heterocycles. The van der Waals surface area contributed by atoms with Crippen molar-refractivity contribution in [3.8, 4) is 17.2 Å². The number of nitrogens with zero attached hydrogens (tertiary/aromatic N) is 1. The number of carbonyl (C=O) groups excluding carboxylic acids is 1. The molecule has 0 fully saturated rings. The first-order valence-electron chi connectivity index (χ1n) is 10.3. The number of hydrogen-bond donors (Lipinski definition) is 1. The Morgan fingerprint density at radius 1 is 0.944 bits per heavy atom. The Hall–Kier alpha value is -4.06. The zero-order valence-corrected chi connectivity index (χ0v) is 19.9. The van der Waals surface area contributed by atoms with E-state index in [1.807, 2.05) is 0 Å². The highest BCUT2D eigenvalue weighted by Gasteiger charge is 2.31. The summed E-state index contributed by atoms with van der Waals surface area (Å²) in [7, 11) is -1.51. The summed E-state index contributed by atoms with van der Waals surface area (Å²) in [6.45, 7) is 0. The average Bonchev–Trinajstić information content (AvgIpc) is 2.84. The van der Waals surface area contributed by atoms with Gasteiger partial charge in [0.1, 0.15) is 4.90 Å². The SMILES string of the molecule is COc1cccc(CC(=O)NN=Cc2ccccc2OS(=O)(=O)c2ccc(C(F)(F)F)cc2)c1OC. The zero-order chi connectivity index (χ0) is 26.3. The first-order valence-corrected chi connectivity index (χ1v) is 11.7. The maximum absolute atomic E-state index is 12.7. The van der Waals surface area contributed by atoms with Gasteiger partial charge in [-0.3, -0.25) is 4.79 Å². The Kier molecular flexibility index (Phi) is 8.20. The first-order chi connectivity index (χ1) is 17.0. The van der Waals surface area contributed by atoms with Crippen molar-refractivity contribution in [2.75, 3.05) is 14.2 Å². The van der Waals surface area contributed by atoms with Gasteiger partial charge in [0.15, 0.2) is 17.2 Å². The number of carbonyl (C=O) groups is 1. The van der Waals surface area contributed by atoms with Crippen molar-refractivity contribution < 1.29 is 40.0 Å². The molecule has 190 valence electrons. The average molecular weight is 523 g/mol. The van der Waals surface area contributed by atoms with E-state index in [0.717, 1.165) is 12.1 Å². The molecule has 0 saturated heterocycles. The number of alkyl halides is 3. The number of methoxy groups -OCH3 is 2. The zero-order valence-electron chi connectivity index (χ0n) is 19.1. The predicted octanol–water partition coefficient (Wildman–Crippen LogP) is 4.18. The van der Waals surface area contributed by atoms with Gasteiger partial charge in [-0.15, -0.1) is 0 Å². The molecule has 36 heavy (non-hydrogen) atoms. The van der Waals surface area contributed by atoms with Crippen molar-refractivity contribution in [2.24, 2.45) is 5.10 Å². The summed E-state index contributed by atoms with van der Waals surface area (Å²) in [5, 5.41) is 3.84. The van der Waals surface area contributed by atoms with E-state index in [-0.39, 0.29) is 17.7 Å². The van der Waals surface area contributed by atoms with Crippen molar-refractivity contribution in [1.29, 1.82) is 0 Å². The van der Waals surface area contributed by atoms with Crippen LogP contribution in [0.15, 0.2) is 76.7 Å². The molecule has 0 unspecified atom stereocenters. The molecule has 0 spiro atoms.